The van der Waals surface area contributed by atoms with Gasteiger partial charge in [-0.1, -0.05) is 23.9 Å². The molecule has 3 rings (SSSR count). The zero-order valence-corrected chi connectivity index (χ0v) is 16.9. The number of piperazine rings is 1. The molecule has 0 aromatic heterocycles. The smallest absolute Gasteiger partial charge is 0.288 e. The molecule has 0 saturated carbocycles. The van der Waals surface area contributed by atoms with Crippen LogP contribution in [0.3, 0.4) is 0 Å². The minimum Gasteiger partial charge on any atom is -0.366 e. The largest absolute Gasteiger partial charge is 0.366 e. The zero-order chi connectivity index (χ0) is 20.1. The average molecular weight is 406 g/mol. The summed E-state index contributed by atoms with van der Waals surface area (Å²) in [6.07, 6.45) is 0. The average Bonchev–Trinajstić information content (AvgIpc) is 2.63. The molecule has 1 N–H and O–H groups in total. The Balaban J connectivity index is 1.50. The van der Waals surface area contributed by atoms with Gasteiger partial charge in [-0.05, 0) is 55.8 Å². The lowest BCUT2D eigenvalue weighted by Gasteiger charge is -2.41. The zero-order valence-electron chi connectivity index (χ0n) is 16.1. The molecule has 2 aromatic carbocycles. The van der Waals surface area contributed by atoms with Crippen molar-refractivity contribution in [1.82, 2.24) is 4.90 Å². The van der Waals surface area contributed by atoms with Crippen LogP contribution < -0.4 is 10.2 Å². The summed E-state index contributed by atoms with van der Waals surface area (Å²) in [5.41, 5.74) is 3.08. The lowest BCUT2D eigenvalue weighted by Crippen LogP contribution is -2.53. The monoisotopic (exact) mass is 405 g/mol. The molecule has 1 unspecified atom stereocenters. The molecule has 28 heavy (non-hydrogen) atoms. The standard InChI is InChI=1S/C21H25F2N3OS/c1-15-4-3-5-18(12-15)26-11-10-25(13-16(26)2)14-20(27)24-17-6-8-19(9-7-17)28-21(22)23/h3-9,12,16,21H,10-11,13-14H2,1-2H3,(H,24,27). The van der Waals surface area contributed by atoms with Gasteiger partial charge in [0.2, 0.25) is 5.91 Å². The SMILES string of the molecule is Cc1cccc(N2CCN(CC(=O)Nc3ccc(SC(F)F)cc3)CC2C)c1. The molecule has 0 aliphatic carbocycles. The quantitative estimate of drug-likeness (QED) is 0.720. The Morgan fingerprint density at radius 2 is 1.96 bits per heavy atom. The topological polar surface area (TPSA) is 35.6 Å². The molecule has 1 fully saturated rings. The summed E-state index contributed by atoms with van der Waals surface area (Å²) in [7, 11) is 0. The van der Waals surface area contributed by atoms with E-state index in [-0.39, 0.29) is 5.91 Å². The number of carbonyl (C=O) groups excluding carboxylic acids is 1. The van der Waals surface area contributed by atoms with Gasteiger partial charge in [0.25, 0.3) is 5.76 Å². The Morgan fingerprint density at radius 1 is 1.21 bits per heavy atom. The van der Waals surface area contributed by atoms with Gasteiger partial charge in [0, 0.05) is 41.9 Å². The normalized spacial score (nSPS) is 17.8. The molecule has 1 amide bonds. The molecular formula is C21H25F2N3OS. The van der Waals surface area contributed by atoms with E-state index in [1.807, 2.05) is 0 Å². The van der Waals surface area contributed by atoms with Gasteiger partial charge in [-0.2, -0.15) is 8.78 Å². The molecular weight excluding hydrogens is 380 g/mol. The predicted molar refractivity (Wildman–Crippen MR) is 111 cm³/mol. The van der Waals surface area contributed by atoms with Crippen molar-refractivity contribution in [2.75, 3.05) is 36.4 Å². The second-order valence-corrected chi connectivity index (χ2v) is 8.13. The van der Waals surface area contributed by atoms with Crippen molar-refractivity contribution in [2.24, 2.45) is 0 Å². The third-order valence-corrected chi connectivity index (χ3v) is 5.50. The molecule has 150 valence electrons. The van der Waals surface area contributed by atoms with Crippen molar-refractivity contribution in [1.29, 1.82) is 0 Å². The molecule has 1 aliphatic rings. The number of amides is 1. The minimum atomic E-state index is -2.44. The van der Waals surface area contributed by atoms with Gasteiger partial charge >= 0.3 is 0 Å². The Labute approximate surface area is 168 Å². The van der Waals surface area contributed by atoms with Gasteiger partial charge in [-0.25, -0.2) is 0 Å². The molecule has 1 heterocycles. The number of anilines is 2. The molecule has 1 saturated heterocycles. The van der Waals surface area contributed by atoms with Gasteiger partial charge in [0.15, 0.2) is 0 Å². The lowest BCUT2D eigenvalue weighted by molar-refractivity contribution is -0.117. The van der Waals surface area contributed by atoms with E-state index >= 15 is 0 Å². The fourth-order valence-electron chi connectivity index (χ4n) is 3.49. The van der Waals surface area contributed by atoms with E-state index in [4.69, 9.17) is 0 Å². The molecule has 2 aromatic rings. The number of hydrogen-bond donors (Lipinski definition) is 1. The lowest BCUT2D eigenvalue weighted by atomic mass is 10.1. The second kappa shape index (κ2) is 9.39. The Kier molecular flexibility index (Phi) is 6.91. The molecule has 0 radical (unpaired) electrons. The van der Waals surface area contributed by atoms with Crippen LogP contribution in [0, 0.1) is 6.92 Å². The molecule has 4 nitrogen and oxygen atoms in total. The van der Waals surface area contributed by atoms with Gasteiger partial charge in [-0.15, -0.1) is 0 Å². The first-order valence-electron chi connectivity index (χ1n) is 9.31. The highest BCUT2D eigenvalue weighted by Crippen LogP contribution is 2.26. The van der Waals surface area contributed by atoms with Crippen LogP contribution in [-0.2, 0) is 4.79 Å². The number of nitrogens with zero attached hydrogens (tertiary/aromatic N) is 2. The maximum atomic E-state index is 12.4. The van der Waals surface area contributed by atoms with Gasteiger partial charge < -0.3 is 10.2 Å². The Morgan fingerprint density at radius 3 is 2.61 bits per heavy atom. The molecule has 0 bridgehead atoms. The second-order valence-electron chi connectivity index (χ2n) is 7.07. The molecule has 7 heteroatoms. The first-order chi connectivity index (χ1) is 13.4. The third-order valence-electron chi connectivity index (χ3n) is 4.78. The summed E-state index contributed by atoms with van der Waals surface area (Å²) in [6, 6.07) is 15.3. The summed E-state index contributed by atoms with van der Waals surface area (Å²) < 4.78 is 24.7. The van der Waals surface area contributed by atoms with E-state index in [1.54, 1.807) is 24.3 Å². The van der Waals surface area contributed by atoms with Crippen LogP contribution >= 0.6 is 11.8 Å². The number of halogens is 2. The van der Waals surface area contributed by atoms with Crippen molar-refractivity contribution in [3.63, 3.8) is 0 Å². The van der Waals surface area contributed by atoms with Crippen LogP contribution in [0.1, 0.15) is 12.5 Å². The number of aryl methyl sites for hydroxylation is 1. The minimum absolute atomic E-state index is 0.0922. The maximum Gasteiger partial charge on any atom is 0.288 e. The van der Waals surface area contributed by atoms with Crippen molar-refractivity contribution < 1.29 is 13.6 Å². The van der Waals surface area contributed by atoms with E-state index < -0.39 is 5.76 Å². The highest BCUT2D eigenvalue weighted by molar-refractivity contribution is 7.99. The molecule has 0 spiro atoms. The Hall–Kier alpha value is -2.12. The number of alkyl halides is 2. The van der Waals surface area contributed by atoms with Crippen molar-refractivity contribution >= 4 is 29.0 Å². The van der Waals surface area contributed by atoms with E-state index in [2.05, 4.69) is 53.2 Å². The number of benzene rings is 2. The fourth-order valence-corrected chi connectivity index (χ4v) is 3.99. The van der Waals surface area contributed by atoms with Crippen LogP contribution in [0.2, 0.25) is 0 Å². The number of carbonyl (C=O) groups is 1. The van der Waals surface area contributed by atoms with Crippen LogP contribution in [-0.4, -0.2) is 48.8 Å². The fraction of sp³-hybridized carbons (Fsp3) is 0.381. The number of hydrogen-bond acceptors (Lipinski definition) is 4. The van der Waals surface area contributed by atoms with Crippen molar-refractivity contribution in [3.05, 3.63) is 54.1 Å². The Bertz CT molecular complexity index is 800. The number of thioether (sulfide) groups is 1. The summed E-state index contributed by atoms with van der Waals surface area (Å²) in [6.45, 7) is 7.08. The maximum absolute atomic E-state index is 12.4. The van der Waals surface area contributed by atoms with Gasteiger partial charge in [-0.3, -0.25) is 9.69 Å². The van der Waals surface area contributed by atoms with Crippen molar-refractivity contribution in [3.8, 4) is 0 Å². The molecule has 1 atom stereocenters. The van der Waals surface area contributed by atoms with Crippen LogP contribution in [0.15, 0.2) is 53.4 Å². The van der Waals surface area contributed by atoms with Crippen LogP contribution in [0.5, 0.6) is 0 Å². The van der Waals surface area contributed by atoms with Gasteiger partial charge in [0.1, 0.15) is 0 Å². The first-order valence-corrected chi connectivity index (χ1v) is 10.2. The highest BCUT2D eigenvalue weighted by atomic mass is 32.2. The third kappa shape index (κ3) is 5.69. The van der Waals surface area contributed by atoms with E-state index in [0.29, 0.717) is 34.9 Å². The summed E-state index contributed by atoms with van der Waals surface area (Å²) in [4.78, 5) is 17.4. The van der Waals surface area contributed by atoms with Crippen LogP contribution in [0.4, 0.5) is 20.2 Å². The number of rotatable bonds is 6. The predicted octanol–water partition coefficient (Wildman–Crippen LogP) is 4.46. The van der Waals surface area contributed by atoms with E-state index in [0.717, 1.165) is 19.6 Å². The summed E-state index contributed by atoms with van der Waals surface area (Å²) in [5.74, 6) is -2.54. The summed E-state index contributed by atoms with van der Waals surface area (Å²) >= 11 is 0.495. The van der Waals surface area contributed by atoms with E-state index in [1.165, 1.54) is 11.3 Å². The van der Waals surface area contributed by atoms with Crippen molar-refractivity contribution in [2.45, 2.75) is 30.5 Å². The first kappa shape index (κ1) is 20.6. The highest BCUT2D eigenvalue weighted by Gasteiger charge is 2.25. The van der Waals surface area contributed by atoms with Gasteiger partial charge in [0.05, 0.1) is 6.54 Å². The number of nitrogens with one attached hydrogen (secondary N) is 1. The molecule has 1 aliphatic heterocycles. The van der Waals surface area contributed by atoms with Crippen LogP contribution in [0.25, 0.3) is 0 Å². The van der Waals surface area contributed by atoms with E-state index in [9.17, 15) is 13.6 Å². The summed E-state index contributed by atoms with van der Waals surface area (Å²) in [5, 5.41) is 2.84.